The van der Waals surface area contributed by atoms with Crippen molar-refractivity contribution in [2.45, 2.75) is 26.2 Å². The Kier molecular flexibility index (Phi) is 7.71. The Morgan fingerprint density at radius 1 is 0.364 bits per heavy atom. The van der Waals surface area contributed by atoms with Crippen LogP contribution in [0.15, 0.2) is 194 Å². The van der Waals surface area contributed by atoms with Crippen LogP contribution in [-0.2, 0) is 5.41 Å². The second-order valence-electron chi connectivity index (χ2n) is 15.5. The lowest BCUT2D eigenvalue weighted by Crippen LogP contribution is -2.16. The molecule has 2 heterocycles. The van der Waals surface area contributed by atoms with Crippen LogP contribution in [0.25, 0.3) is 66.1 Å². The van der Waals surface area contributed by atoms with E-state index in [1.54, 1.807) is 0 Å². The molecule has 0 fully saturated rings. The Hall–Kier alpha value is -6.84. The van der Waals surface area contributed by atoms with Crippen molar-refractivity contribution in [1.29, 1.82) is 0 Å². The van der Waals surface area contributed by atoms with E-state index in [0.717, 1.165) is 22.7 Å². The molecule has 0 atom stereocenters. The van der Waals surface area contributed by atoms with Crippen molar-refractivity contribution < 1.29 is 0 Å². The van der Waals surface area contributed by atoms with Gasteiger partial charge in [-0.1, -0.05) is 124 Å². The first kappa shape index (κ1) is 32.8. The molecule has 10 rings (SSSR count). The summed E-state index contributed by atoms with van der Waals surface area (Å²) >= 11 is 0. The Morgan fingerprint density at radius 2 is 0.818 bits per heavy atom. The van der Waals surface area contributed by atoms with E-state index in [2.05, 4.69) is 229 Å². The van der Waals surface area contributed by atoms with Gasteiger partial charge in [0.15, 0.2) is 0 Å². The number of fused-ring (bicyclic) bond motifs is 6. The second-order valence-corrected chi connectivity index (χ2v) is 15.5. The smallest absolute Gasteiger partial charge is 0.0541 e. The van der Waals surface area contributed by atoms with E-state index < -0.39 is 0 Å². The fraction of sp³-hybridized carbons (Fsp3) is 0.0769. The summed E-state index contributed by atoms with van der Waals surface area (Å²) in [5.41, 5.74) is 14.2. The predicted octanol–water partition coefficient (Wildman–Crippen LogP) is 14.3. The molecule has 0 unspecified atom stereocenters. The number of aromatic nitrogens is 2. The van der Waals surface area contributed by atoms with Gasteiger partial charge in [-0.2, -0.15) is 0 Å². The van der Waals surface area contributed by atoms with E-state index in [1.807, 2.05) is 0 Å². The molecular weight excluding hydrogens is 667 g/mol. The molecule has 0 spiro atoms. The molecule has 0 amide bonds. The minimum absolute atomic E-state index is 0.110. The molecule has 10 aromatic rings. The molecule has 0 aliphatic rings. The molecule has 0 aliphatic heterocycles. The van der Waals surface area contributed by atoms with Gasteiger partial charge in [-0.25, -0.2) is 0 Å². The van der Waals surface area contributed by atoms with E-state index >= 15 is 0 Å². The highest BCUT2D eigenvalue weighted by atomic mass is 15.1. The molecule has 2 aromatic heterocycles. The molecular formula is C52H41N3. The standard InChI is InChI=1S/C52H41N3/c1-52(2,3)47-35-41(31-32-42(47)36-26-33-51-46(34-36)45-22-12-15-25-50(45)54(51)38-18-8-5-9-19-38)53(37-16-6-4-7-17-37)39-27-29-40(30-28-39)55-48-23-13-10-20-43(48)44-21-11-14-24-49(44)55/h4-35H,1-3H3. The number of hydrogen-bond donors (Lipinski definition) is 0. The van der Waals surface area contributed by atoms with Crippen LogP contribution in [0.5, 0.6) is 0 Å². The third-order valence-corrected chi connectivity index (χ3v) is 11.0. The van der Waals surface area contributed by atoms with Gasteiger partial charge in [0.05, 0.1) is 22.1 Å². The van der Waals surface area contributed by atoms with Crippen LogP contribution in [0.4, 0.5) is 17.1 Å². The topological polar surface area (TPSA) is 13.1 Å². The van der Waals surface area contributed by atoms with Crippen molar-refractivity contribution in [3.63, 3.8) is 0 Å². The van der Waals surface area contributed by atoms with Crippen molar-refractivity contribution in [2.75, 3.05) is 4.90 Å². The molecule has 0 saturated carbocycles. The van der Waals surface area contributed by atoms with Crippen LogP contribution < -0.4 is 4.90 Å². The second kappa shape index (κ2) is 12.9. The normalized spacial score (nSPS) is 11.9. The average Bonchev–Trinajstić information content (AvgIpc) is 3.74. The Labute approximate surface area is 322 Å². The summed E-state index contributed by atoms with van der Waals surface area (Å²) in [4.78, 5) is 2.38. The number of anilines is 3. The summed E-state index contributed by atoms with van der Waals surface area (Å²) in [6, 6.07) is 70.6. The van der Waals surface area contributed by atoms with Crippen molar-refractivity contribution >= 4 is 60.7 Å². The third-order valence-electron chi connectivity index (χ3n) is 11.0. The van der Waals surface area contributed by atoms with Gasteiger partial charge in [-0.3, -0.25) is 0 Å². The van der Waals surface area contributed by atoms with Crippen molar-refractivity contribution in [1.82, 2.24) is 9.13 Å². The van der Waals surface area contributed by atoms with E-state index in [1.165, 1.54) is 66.0 Å². The molecule has 3 nitrogen and oxygen atoms in total. The molecule has 0 saturated heterocycles. The van der Waals surface area contributed by atoms with E-state index in [4.69, 9.17) is 0 Å². The van der Waals surface area contributed by atoms with Gasteiger partial charge in [-0.05, 0) is 113 Å². The van der Waals surface area contributed by atoms with Crippen LogP contribution in [0.2, 0.25) is 0 Å². The summed E-state index contributed by atoms with van der Waals surface area (Å²) in [6.45, 7) is 6.97. The highest BCUT2D eigenvalue weighted by Gasteiger charge is 2.23. The van der Waals surface area contributed by atoms with Gasteiger partial charge in [-0.15, -0.1) is 0 Å². The lowest BCUT2D eigenvalue weighted by Gasteiger charge is -2.30. The van der Waals surface area contributed by atoms with Crippen LogP contribution in [0.1, 0.15) is 26.3 Å². The monoisotopic (exact) mass is 707 g/mol. The van der Waals surface area contributed by atoms with Crippen LogP contribution in [0, 0.1) is 0 Å². The first-order valence-corrected chi connectivity index (χ1v) is 19.1. The van der Waals surface area contributed by atoms with Gasteiger partial charge in [0.25, 0.3) is 0 Å². The molecule has 3 heteroatoms. The first-order chi connectivity index (χ1) is 26.9. The van der Waals surface area contributed by atoms with Gasteiger partial charge in [0.1, 0.15) is 0 Å². The van der Waals surface area contributed by atoms with Crippen molar-refractivity contribution in [3.8, 4) is 22.5 Å². The fourth-order valence-electron chi connectivity index (χ4n) is 8.52. The maximum absolute atomic E-state index is 2.40. The summed E-state index contributed by atoms with van der Waals surface area (Å²) < 4.78 is 4.76. The highest BCUT2D eigenvalue weighted by molar-refractivity contribution is 6.11. The maximum atomic E-state index is 2.40. The van der Waals surface area contributed by atoms with Gasteiger partial charge in [0.2, 0.25) is 0 Å². The highest BCUT2D eigenvalue weighted by Crippen LogP contribution is 2.43. The minimum atomic E-state index is -0.110. The SMILES string of the molecule is CC(C)(C)c1cc(N(c2ccccc2)c2ccc(-n3c4ccccc4c4ccccc43)cc2)ccc1-c1ccc2c(c1)c1ccccc1n2-c1ccccc1. The molecule has 0 bridgehead atoms. The molecule has 0 N–H and O–H groups in total. The van der Waals surface area contributed by atoms with Crippen LogP contribution in [0.3, 0.4) is 0 Å². The fourth-order valence-corrected chi connectivity index (χ4v) is 8.52. The lowest BCUT2D eigenvalue weighted by atomic mass is 9.81. The van der Waals surface area contributed by atoms with Crippen LogP contribution >= 0.6 is 0 Å². The number of rotatable bonds is 6. The number of nitrogens with zero attached hydrogens (tertiary/aromatic N) is 3. The van der Waals surface area contributed by atoms with Gasteiger partial charge < -0.3 is 14.0 Å². The largest absolute Gasteiger partial charge is 0.310 e. The molecule has 0 aliphatic carbocycles. The summed E-state index contributed by atoms with van der Waals surface area (Å²) in [5.74, 6) is 0. The summed E-state index contributed by atoms with van der Waals surface area (Å²) in [5, 5.41) is 5.06. The van der Waals surface area contributed by atoms with Crippen molar-refractivity contribution in [3.05, 3.63) is 200 Å². The third kappa shape index (κ3) is 5.51. The number of benzene rings is 8. The van der Waals surface area contributed by atoms with Gasteiger partial charge >= 0.3 is 0 Å². The number of para-hydroxylation sites is 5. The molecule has 0 radical (unpaired) electrons. The maximum Gasteiger partial charge on any atom is 0.0541 e. The zero-order valence-corrected chi connectivity index (χ0v) is 31.3. The minimum Gasteiger partial charge on any atom is -0.310 e. The van der Waals surface area contributed by atoms with Gasteiger partial charge in [0, 0.05) is 50.0 Å². The molecule has 8 aromatic carbocycles. The Balaban J connectivity index is 1.10. The lowest BCUT2D eigenvalue weighted by molar-refractivity contribution is 0.592. The van der Waals surface area contributed by atoms with Crippen LogP contribution in [-0.4, -0.2) is 9.13 Å². The first-order valence-electron chi connectivity index (χ1n) is 19.1. The van der Waals surface area contributed by atoms with E-state index in [9.17, 15) is 0 Å². The molecule has 264 valence electrons. The summed E-state index contributed by atoms with van der Waals surface area (Å²) in [7, 11) is 0. The number of hydrogen-bond acceptors (Lipinski definition) is 1. The van der Waals surface area contributed by atoms with E-state index in [-0.39, 0.29) is 5.41 Å². The Morgan fingerprint density at radius 3 is 1.40 bits per heavy atom. The zero-order valence-electron chi connectivity index (χ0n) is 31.3. The zero-order chi connectivity index (χ0) is 37.1. The van der Waals surface area contributed by atoms with Crippen molar-refractivity contribution in [2.24, 2.45) is 0 Å². The average molecular weight is 708 g/mol. The predicted molar refractivity (Wildman–Crippen MR) is 234 cm³/mol. The summed E-state index contributed by atoms with van der Waals surface area (Å²) in [6.07, 6.45) is 0. The Bertz CT molecular complexity index is 2940. The molecule has 55 heavy (non-hydrogen) atoms. The van der Waals surface area contributed by atoms with E-state index in [0.29, 0.717) is 0 Å². The quantitative estimate of drug-likeness (QED) is 0.168.